The van der Waals surface area contributed by atoms with E-state index in [1.54, 1.807) is 30.9 Å². The molecule has 1 aliphatic rings. The third-order valence-electron chi connectivity index (χ3n) is 3.64. The Kier molecular flexibility index (Phi) is 5.32. The lowest BCUT2D eigenvalue weighted by Gasteiger charge is -2.27. The molecule has 2 amide bonds. The summed E-state index contributed by atoms with van der Waals surface area (Å²) in [6.45, 7) is 5.57. The van der Waals surface area contributed by atoms with Crippen molar-refractivity contribution in [3.63, 3.8) is 0 Å². The minimum atomic E-state index is -0.358. The first-order chi connectivity index (χ1) is 10.5. The van der Waals surface area contributed by atoms with E-state index in [1.165, 1.54) is 4.57 Å². The Balaban J connectivity index is 2.19. The molecule has 1 aromatic heterocycles. The monoisotopic (exact) mass is 307 g/mol. The molecule has 0 aromatic carbocycles. The Labute approximate surface area is 128 Å². The molecular weight excluding hydrogens is 286 g/mol. The molecular formula is C15H21N3O4. The summed E-state index contributed by atoms with van der Waals surface area (Å²) in [6.07, 6.45) is 0.292. The van der Waals surface area contributed by atoms with Crippen LogP contribution in [0, 0.1) is 6.92 Å². The molecule has 1 saturated heterocycles. The number of nitrogens with one attached hydrogen (secondary N) is 1. The second-order valence-electron chi connectivity index (χ2n) is 5.17. The van der Waals surface area contributed by atoms with E-state index in [4.69, 9.17) is 4.74 Å². The maximum atomic E-state index is 12.4. The van der Waals surface area contributed by atoms with Gasteiger partial charge in [-0.3, -0.25) is 14.4 Å². The molecule has 7 heteroatoms. The second-order valence-corrected chi connectivity index (χ2v) is 5.17. The van der Waals surface area contributed by atoms with Crippen LogP contribution < -0.4 is 10.9 Å². The van der Waals surface area contributed by atoms with Crippen LogP contribution in [0.4, 0.5) is 5.69 Å². The zero-order valence-electron chi connectivity index (χ0n) is 12.9. The van der Waals surface area contributed by atoms with Gasteiger partial charge >= 0.3 is 0 Å². The number of pyridine rings is 1. The number of anilines is 1. The summed E-state index contributed by atoms with van der Waals surface area (Å²) < 4.78 is 6.60. The Morgan fingerprint density at radius 3 is 2.59 bits per heavy atom. The minimum Gasteiger partial charge on any atom is -0.378 e. The summed E-state index contributed by atoms with van der Waals surface area (Å²) >= 11 is 0. The number of aryl methyl sites for hydroxylation is 1. The number of hydrogen-bond donors (Lipinski definition) is 1. The summed E-state index contributed by atoms with van der Waals surface area (Å²) in [5.41, 5.74) is 0.525. The fraction of sp³-hybridized carbons (Fsp3) is 0.533. The number of aromatic nitrogens is 1. The molecule has 1 fully saturated rings. The molecule has 7 nitrogen and oxygen atoms in total. The molecule has 1 aromatic rings. The fourth-order valence-electron chi connectivity index (χ4n) is 2.25. The molecule has 22 heavy (non-hydrogen) atoms. The Hall–Kier alpha value is -2.15. The normalized spacial score (nSPS) is 14.7. The third kappa shape index (κ3) is 3.73. The highest BCUT2D eigenvalue weighted by atomic mass is 16.5. The van der Waals surface area contributed by atoms with E-state index < -0.39 is 0 Å². The predicted molar refractivity (Wildman–Crippen MR) is 81.8 cm³/mol. The first-order valence-electron chi connectivity index (χ1n) is 7.38. The van der Waals surface area contributed by atoms with E-state index in [1.807, 2.05) is 0 Å². The standard InChI is InChI=1S/C15H21N3O4/c1-3-13(19)16-12-5-4-11(2)18(15(12)21)10-14(20)17-6-8-22-9-7-17/h4-5H,3,6-10H2,1-2H3,(H,16,19). The fourth-order valence-corrected chi connectivity index (χ4v) is 2.25. The molecule has 0 bridgehead atoms. The van der Waals surface area contributed by atoms with Crippen LogP contribution in [0.2, 0.25) is 0 Å². The number of nitrogens with zero attached hydrogens (tertiary/aromatic N) is 2. The third-order valence-corrected chi connectivity index (χ3v) is 3.64. The molecule has 1 N–H and O–H groups in total. The molecule has 2 rings (SSSR count). The maximum Gasteiger partial charge on any atom is 0.274 e. The van der Waals surface area contributed by atoms with Crippen LogP contribution in [0.25, 0.3) is 0 Å². The number of rotatable bonds is 4. The van der Waals surface area contributed by atoms with Crippen molar-refractivity contribution in [2.45, 2.75) is 26.8 Å². The van der Waals surface area contributed by atoms with E-state index >= 15 is 0 Å². The van der Waals surface area contributed by atoms with Gasteiger partial charge in [0.1, 0.15) is 12.2 Å². The highest BCUT2D eigenvalue weighted by Crippen LogP contribution is 2.06. The van der Waals surface area contributed by atoms with Gasteiger partial charge in [-0.1, -0.05) is 6.92 Å². The predicted octanol–water partition coefficient (Wildman–Crippen LogP) is 0.364. The minimum absolute atomic E-state index is 0.0273. The highest BCUT2D eigenvalue weighted by molar-refractivity contribution is 5.90. The van der Waals surface area contributed by atoms with Crippen molar-refractivity contribution >= 4 is 17.5 Å². The van der Waals surface area contributed by atoms with Gasteiger partial charge in [0, 0.05) is 25.2 Å². The van der Waals surface area contributed by atoms with Crippen molar-refractivity contribution in [2.75, 3.05) is 31.6 Å². The van der Waals surface area contributed by atoms with Gasteiger partial charge in [0.25, 0.3) is 5.56 Å². The molecule has 1 aliphatic heterocycles. The van der Waals surface area contributed by atoms with Gasteiger partial charge in [0.05, 0.1) is 13.2 Å². The lowest BCUT2D eigenvalue weighted by atomic mass is 10.3. The van der Waals surface area contributed by atoms with E-state index in [0.717, 1.165) is 0 Å². The smallest absolute Gasteiger partial charge is 0.274 e. The second kappa shape index (κ2) is 7.22. The lowest BCUT2D eigenvalue weighted by molar-refractivity contribution is -0.136. The molecule has 0 unspecified atom stereocenters. The van der Waals surface area contributed by atoms with Crippen molar-refractivity contribution in [1.82, 2.24) is 9.47 Å². The Bertz CT molecular complexity index is 618. The summed E-state index contributed by atoms with van der Waals surface area (Å²) in [4.78, 5) is 37.8. The van der Waals surface area contributed by atoms with Gasteiger partial charge < -0.3 is 19.5 Å². The van der Waals surface area contributed by atoms with Crippen LogP contribution in [-0.2, 0) is 20.9 Å². The summed E-state index contributed by atoms with van der Waals surface area (Å²) in [5.74, 6) is -0.348. The topological polar surface area (TPSA) is 80.6 Å². The first-order valence-corrected chi connectivity index (χ1v) is 7.38. The Morgan fingerprint density at radius 2 is 1.95 bits per heavy atom. The van der Waals surface area contributed by atoms with Crippen molar-refractivity contribution in [1.29, 1.82) is 0 Å². The van der Waals surface area contributed by atoms with Crippen LogP contribution in [0.5, 0.6) is 0 Å². The Morgan fingerprint density at radius 1 is 1.27 bits per heavy atom. The molecule has 0 aliphatic carbocycles. The average Bonchev–Trinajstić information content (AvgIpc) is 2.54. The number of carbonyl (C=O) groups is 2. The molecule has 0 spiro atoms. The quantitative estimate of drug-likeness (QED) is 0.871. The summed E-state index contributed by atoms with van der Waals surface area (Å²) in [7, 11) is 0. The number of carbonyl (C=O) groups excluding carboxylic acids is 2. The highest BCUT2D eigenvalue weighted by Gasteiger charge is 2.19. The maximum absolute atomic E-state index is 12.4. The van der Waals surface area contributed by atoms with Crippen molar-refractivity contribution < 1.29 is 14.3 Å². The number of morpholine rings is 1. The van der Waals surface area contributed by atoms with Crippen LogP contribution in [0.1, 0.15) is 19.0 Å². The SMILES string of the molecule is CCC(=O)Nc1ccc(C)n(CC(=O)N2CCOCC2)c1=O. The van der Waals surface area contributed by atoms with Gasteiger partial charge in [-0.05, 0) is 19.1 Å². The van der Waals surface area contributed by atoms with Gasteiger partial charge in [-0.15, -0.1) is 0 Å². The molecule has 0 atom stereocenters. The van der Waals surface area contributed by atoms with E-state index in [-0.39, 0.29) is 29.6 Å². The number of hydrogen-bond acceptors (Lipinski definition) is 4. The number of amides is 2. The zero-order valence-corrected chi connectivity index (χ0v) is 12.9. The summed E-state index contributed by atoms with van der Waals surface area (Å²) in [5, 5.41) is 2.56. The van der Waals surface area contributed by atoms with Crippen molar-refractivity contribution in [3.8, 4) is 0 Å². The van der Waals surface area contributed by atoms with Crippen molar-refractivity contribution in [3.05, 3.63) is 28.2 Å². The van der Waals surface area contributed by atoms with E-state index in [9.17, 15) is 14.4 Å². The molecule has 2 heterocycles. The van der Waals surface area contributed by atoms with Gasteiger partial charge in [0.15, 0.2) is 0 Å². The van der Waals surface area contributed by atoms with Crippen molar-refractivity contribution in [2.24, 2.45) is 0 Å². The van der Waals surface area contributed by atoms with Crippen LogP contribution in [0.15, 0.2) is 16.9 Å². The largest absolute Gasteiger partial charge is 0.378 e. The lowest BCUT2D eigenvalue weighted by Crippen LogP contribution is -2.43. The summed E-state index contributed by atoms with van der Waals surface area (Å²) in [6, 6.07) is 3.29. The van der Waals surface area contributed by atoms with E-state index in [0.29, 0.717) is 38.4 Å². The van der Waals surface area contributed by atoms with Crippen LogP contribution >= 0.6 is 0 Å². The van der Waals surface area contributed by atoms with Crippen LogP contribution in [0.3, 0.4) is 0 Å². The van der Waals surface area contributed by atoms with E-state index in [2.05, 4.69) is 5.32 Å². The molecule has 120 valence electrons. The van der Waals surface area contributed by atoms with Gasteiger partial charge in [0.2, 0.25) is 11.8 Å². The number of ether oxygens (including phenoxy) is 1. The molecule has 0 radical (unpaired) electrons. The average molecular weight is 307 g/mol. The molecule has 0 saturated carbocycles. The van der Waals surface area contributed by atoms with Gasteiger partial charge in [-0.2, -0.15) is 0 Å². The van der Waals surface area contributed by atoms with Crippen LogP contribution in [-0.4, -0.2) is 47.6 Å². The zero-order chi connectivity index (χ0) is 16.1. The van der Waals surface area contributed by atoms with Gasteiger partial charge in [-0.25, -0.2) is 0 Å². The first kappa shape index (κ1) is 16.2.